The van der Waals surface area contributed by atoms with Crippen molar-refractivity contribution in [1.29, 1.82) is 0 Å². The molecule has 0 aliphatic rings. The van der Waals surface area contributed by atoms with Crippen molar-refractivity contribution < 1.29 is 4.42 Å². The normalized spacial score (nSPS) is 10.5. The summed E-state index contributed by atoms with van der Waals surface area (Å²) in [5, 5.41) is 13.4. The second-order valence-electron chi connectivity index (χ2n) is 2.79. The fourth-order valence-electron chi connectivity index (χ4n) is 0.935. The molecule has 0 bridgehead atoms. The van der Waals surface area contributed by atoms with Crippen LogP contribution in [0.5, 0.6) is 0 Å². The monoisotopic (exact) mass is 242 g/mol. The van der Waals surface area contributed by atoms with Gasteiger partial charge in [0, 0.05) is 7.05 Å². The van der Waals surface area contributed by atoms with Crippen LogP contribution < -0.4 is 5.32 Å². The Bertz CT molecular complexity index is 439. The van der Waals surface area contributed by atoms with E-state index in [0.29, 0.717) is 5.22 Å². The van der Waals surface area contributed by atoms with Crippen molar-refractivity contribution in [3.8, 4) is 0 Å². The number of anilines is 1. The fourth-order valence-corrected chi connectivity index (χ4v) is 2.47. The molecule has 2 aromatic heterocycles. The van der Waals surface area contributed by atoms with E-state index in [2.05, 4.69) is 20.5 Å². The van der Waals surface area contributed by atoms with Gasteiger partial charge in [-0.15, -0.1) is 10.2 Å². The van der Waals surface area contributed by atoms with Crippen LogP contribution in [-0.4, -0.2) is 22.2 Å². The van der Waals surface area contributed by atoms with Crippen molar-refractivity contribution in [3.63, 3.8) is 0 Å². The molecule has 0 aliphatic heterocycles. The molecule has 7 heteroatoms. The quantitative estimate of drug-likeness (QED) is 0.829. The van der Waals surface area contributed by atoms with Gasteiger partial charge in [0.15, 0.2) is 0 Å². The van der Waals surface area contributed by atoms with Crippen LogP contribution in [0.1, 0.15) is 10.7 Å². The van der Waals surface area contributed by atoms with Gasteiger partial charge in [-0.25, -0.2) is 4.98 Å². The second-order valence-corrected chi connectivity index (χ2v) is 4.78. The molecule has 0 aliphatic carbocycles. The molecule has 0 saturated heterocycles. The molecule has 0 amide bonds. The largest absolute Gasteiger partial charge is 0.440 e. The second kappa shape index (κ2) is 4.63. The first-order chi connectivity index (χ1) is 7.28. The molecule has 1 N–H and O–H groups in total. The Morgan fingerprint density at radius 3 is 3.00 bits per heavy atom. The number of nitrogens with one attached hydrogen (secondary N) is 1. The predicted octanol–water partition coefficient (Wildman–Crippen LogP) is 2.17. The van der Waals surface area contributed by atoms with Crippen molar-refractivity contribution >= 4 is 28.2 Å². The molecule has 0 spiro atoms. The van der Waals surface area contributed by atoms with Crippen LogP contribution >= 0.6 is 23.1 Å². The zero-order valence-corrected chi connectivity index (χ0v) is 9.98. The van der Waals surface area contributed by atoms with Crippen LogP contribution in [0.15, 0.2) is 15.9 Å². The summed E-state index contributed by atoms with van der Waals surface area (Å²) in [7, 11) is 1.83. The highest BCUT2D eigenvalue weighted by Gasteiger charge is 2.06. The van der Waals surface area contributed by atoms with E-state index in [1.54, 1.807) is 6.26 Å². The van der Waals surface area contributed by atoms with Gasteiger partial charge in [0.25, 0.3) is 5.22 Å². The van der Waals surface area contributed by atoms with Crippen molar-refractivity contribution in [2.24, 2.45) is 0 Å². The van der Waals surface area contributed by atoms with Gasteiger partial charge in [0.1, 0.15) is 11.3 Å². The third-order valence-corrected chi connectivity index (χ3v) is 3.57. The maximum absolute atomic E-state index is 5.21. The van der Waals surface area contributed by atoms with Gasteiger partial charge in [-0.2, -0.15) is 0 Å². The van der Waals surface area contributed by atoms with Crippen LogP contribution in [0.2, 0.25) is 0 Å². The summed E-state index contributed by atoms with van der Waals surface area (Å²) in [4.78, 5) is 4.19. The smallest absolute Gasteiger partial charge is 0.256 e. The molecule has 2 rings (SSSR count). The van der Waals surface area contributed by atoms with Gasteiger partial charge >= 0.3 is 0 Å². The van der Waals surface area contributed by atoms with Crippen molar-refractivity contribution in [2.75, 3.05) is 12.4 Å². The zero-order valence-electron chi connectivity index (χ0n) is 8.35. The van der Waals surface area contributed by atoms with E-state index in [-0.39, 0.29) is 0 Å². The molecular weight excluding hydrogens is 232 g/mol. The highest BCUT2D eigenvalue weighted by Crippen LogP contribution is 2.24. The van der Waals surface area contributed by atoms with Gasteiger partial charge in [-0.05, 0) is 6.92 Å². The molecular formula is C8H10N4OS2. The lowest BCUT2D eigenvalue weighted by Crippen LogP contribution is -1.84. The molecule has 2 aromatic rings. The van der Waals surface area contributed by atoms with Crippen LogP contribution in [0.4, 0.5) is 5.13 Å². The molecule has 0 aromatic carbocycles. The van der Waals surface area contributed by atoms with E-state index in [4.69, 9.17) is 4.42 Å². The molecule has 80 valence electrons. The van der Waals surface area contributed by atoms with Crippen LogP contribution in [0, 0.1) is 6.92 Å². The van der Waals surface area contributed by atoms with Crippen LogP contribution in [0.3, 0.4) is 0 Å². The minimum Gasteiger partial charge on any atom is -0.440 e. The fraction of sp³-hybridized carbons (Fsp3) is 0.375. The number of aromatic nitrogens is 3. The lowest BCUT2D eigenvalue weighted by molar-refractivity contribution is 0.454. The minimum atomic E-state index is 0.675. The van der Waals surface area contributed by atoms with Crippen molar-refractivity contribution in [2.45, 2.75) is 17.9 Å². The summed E-state index contributed by atoms with van der Waals surface area (Å²) < 4.78 is 5.21. The van der Waals surface area contributed by atoms with Gasteiger partial charge in [0.2, 0.25) is 5.13 Å². The third kappa shape index (κ3) is 2.69. The van der Waals surface area contributed by atoms with E-state index >= 15 is 0 Å². The molecule has 0 radical (unpaired) electrons. The topological polar surface area (TPSA) is 63.8 Å². The Labute approximate surface area is 95.3 Å². The average molecular weight is 242 g/mol. The Balaban J connectivity index is 1.93. The van der Waals surface area contributed by atoms with Crippen molar-refractivity contribution in [3.05, 3.63) is 17.0 Å². The molecule has 0 unspecified atom stereocenters. The van der Waals surface area contributed by atoms with E-state index in [1.165, 1.54) is 23.1 Å². The number of nitrogens with zero attached hydrogens (tertiary/aromatic N) is 3. The number of oxazole rings is 1. The SMILES string of the molecule is CNc1nnc(CSc2nc(C)co2)s1. The number of thioether (sulfide) groups is 1. The molecule has 0 saturated carbocycles. The molecule has 15 heavy (non-hydrogen) atoms. The van der Waals surface area contributed by atoms with Crippen LogP contribution in [-0.2, 0) is 5.75 Å². The summed E-state index contributed by atoms with van der Waals surface area (Å²) >= 11 is 3.06. The minimum absolute atomic E-state index is 0.675. The molecule has 5 nitrogen and oxygen atoms in total. The van der Waals surface area contributed by atoms with Gasteiger partial charge in [-0.3, -0.25) is 0 Å². The highest BCUT2D eigenvalue weighted by atomic mass is 32.2. The lowest BCUT2D eigenvalue weighted by Gasteiger charge is -1.90. The first-order valence-electron chi connectivity index (χ1n) is 4.33. The maximum atomic E-state index is 5.21. The van der Waals surface area contributed by atoms with Crippen molar-refractivity contribution in [1.82, 2.24) is 15.2 Å². The number of aryl methyl sites for hydroxylation is 1. The van der Waals surface area contributed by atoms with E-state index in [1.807, 2.05) is 14.0 Å². The first-order valence-corrected chi connectivity index (χ1v) is 6.13. The van der Waals surface area contributed by atoms with E-state index in [9.17, 15) is 0 Å². The van der Waals surface area contributed by atoms with E-state index < -0.39 is 0 Å². The van der Waals surface area contributed by atoms with E-state index in [0.717, 1.165) is 21.6 Å². The summed E-state index contributed by atoms with van der Waals surface area (Å²) in [6.07, 6.45) is 1.64. The summed E-state index contributed by atoms with van der Waals surface area (Å²) in [5.41, 5.74) is 0.894. The summed E-state index contributed by atoms with van der Waals surface area (Å²) in [5.74, 6) is 0.735. The number of hydrogen-bond acceptors (Lipinski definition) is 7. The Morgan fingerprint density at radius 2 is 2.40 bits per heavy atom. The summed E-state index contributed by atoms with van der Waals surface area (Å²) in [6, 6.07) is 0. The van der Waals surface area contributed by atoms with Gasteiger partial charge < -0.3 is 9.73 Å². The van der Waals surface area contributed by atoms with Gasteiger partial charge in [0.05, 0.1) is 11.4 Å². The molecule has 2 heterocycles. The predicted molar refractivity (Wildman–Crippen MR) is 60.3 cm³/mol. The first kappa shape index (κ1) is 10.4. The Kier molecular flexibility index (Phi) is 3.22. The Morgan fingerprint density at radius 1 is 1.53 bits per heavy atom. The van der Waals surface area contributed by atoms with Crippen LogP contribution in [0.25, 0.3) is 0 Å². The van der Waals surface area contributed by atoms with Gasteiger partial charge in [-0.1, -0.05) is 23.1 Å². The number of hydrogen-bond donors (Lipinski definition) is 1. The standard InChI is InChI=1S/C8H10N4OS2/c1-5-3-13-8(10-5)14-4-6-11-12-7(9-2)15-6/h3H,4H2,1-2H3,(H,9,12). The summed E-state index contributed by atoms with van der Waals surface area (Å²) in [6.45, 7) is 1.90. The maximum Gasteiger partial charge on any atom is 0.256 e. The third-order valence-electron chi connectivity index (χ3n) is 1.60. The average Bonchev–Trinajstić information content (AvgIpc) is 2.83. The zero-order chi connectivity index (χ0) is 10.7. The highest BCUT2D eigenvalue weighted by molar-refractivity contribution is 7.98. The Hall–Kier alpha value is -1.08. The lowest BCUT2D eigenvalue weighted by atomic mass is 10.6. The molecule has 0 fully saturated rings. The number of rotatable bonds is 4. The molecule has 0 atom stereocenters.